The fourth-order valence-corrected chi connectivity index (χ4v) is 4.61. The highest BCUT2D eigenvalue weighted by atomic mass is 16.5. The molecule has 8 nitrogen and oxygen atoms in total. The first-order valence-corrected chi connectivity index (χ1v) is 10.9. The van der Waals surface area contributed by atoms with Crippen molar-refractivity contribution in [1.82, 2.24) is 9.80 Å². The van der Waals surface area contributed by atoms with Crippen LogP contribution in [0.15, 0.2) is 24.3 Å². The molecule has 4 rings (SSSR count). The maximum atomic E-state index is 13.1. The monoisotopic (exact) mass is 414 g/mol. The van der Waals surface area contributed by atoms with E-state index in [1.54, 1.807) is 17.0 Å². The summed E-state index contributed by atoms with van der Waals surface area (Å²) in [4.78, 5) is 43.2. The summed E-state index contributed by atoms with van der Waals surface area (Å²) in [5.41, 5.74) is 6.09. The first kappa shape index (κ1) is 20.7. The van der Waals surface area contributed by atoms with Crippen molar-refractivity contribution in [3.05, 3.63) is 24.3 Å². The van der Waals surface area contributed by atoms with Crippen molar-refractivity contribution in [2.75, 3.05) is 44.2 Å². The molecule has 8 heteroatoms. The van der Waals surface area contributed by atoms with Gasteiger partial charge in [0.25, 0.3) is 5.91 Å². The quantitative estimate of drug-likeness (QED) is 0.793. The Kier molecular flexibility index (Phi) is 6.22. The summed E-state index contributed by atoms with van der Waals surface area (Å²) >= 11 is 0. The predicted molar refractivity (Wildman–Crippen MR) is 112 cm³/mol. The smallest absolute Gasteiger partial charge is 0.260 e. The van der Waals surface area contributed by atoms with E-state index in [9.17, 15) is 14.4 Å². The van der Waals surface area contributed by atoms with E-state index in [0.29, 0.717) is 11.4 Å². The zero-order chi connectivity index (χ0) is 21.1. The Morgan fingerprint density at radius 1 is 1.00 bits per heavy atom. The van der Waals surface area contributed by atoms with Gasteiger partial charge in [-0.25, -0.2) is 0 Å². The fourth-order valence-electron chi connectivity index (χ4n) is 4.61. The SMILES string of the molecule is NC(=O)C1CN(C(=O)CN2CCC(C(=O)N3CCCCC3)CC2)c2ccccc2O1. The summed E-state index contributed by atoms with van der Waals surface area (Å²) in [5.74, 6) is 0.175. The molecule has 1 aromatic carbocycles. The molecule has 0 spiro atoms. The highest BCUT2D eigenvalue weighted by Crippen LogP contribution is 2.33. The van der Waals surface area contributed by atoms with Gasteiger partial charge < -0.3 is 20.3 Å². The van der Waals surface area contributed by atoms with E-state index in [2.05, 4.69) is 4.90 Å². The highest BCUT2D eigenvalue weighted by molar-refractivity contribution is 5.98. The third-order valence-corrected chi connectivity index (χ3v) is 6.36. The summed E-state index contributed by atoms with van der Waals surface area (Å²) in [6, 6.07) is 7.19. The second-order valence-electron chi connectivity index (χ2n) is 8.42. The number of nitrogens with two attached hydrogens (primary N) is 1. The van der Waals surface area contributed by atoms with E-state index in [4.69, 9.17) is 10.5 Å². The van der Waals surface area contributed by atoms with Gasteiger partial charge in [0.05, 0.1) is 18.8 Å². The Hall–Kier alpha value is -2.61. The molecule has 2 N–H and O–H groups in total. The highest BCUT2D eigenvalue weighted by Gasteiger charge is 2.34. The molecule has 3 heterocycles. The van der Waals surface area contributed by atoms with Crippen molar-refractivity contribution in [3.8, 4) is 5.75 Å². The molecule has 2 fully saturated rings. The Balaban J connectivity index is 1.34. The fraction of sp³-hybridized carbons (Fsp3) is 0.591. The molecule has 0 aromatic heterocycles. The van der Waals surface area contributed by atoms with Crippen LogP contribution < -0.4 is 15.4 Å². The molecule has 2 saturated heterocycles. The molecule has 1 unspecified atom stereocenters. The second kappa shape index (κ2) is 9.04. The molecule has 0 bridgehead atoms. The lowest BCUT2D eigenvalue weighted by Gasteiger charge is -2.37. The van der Waals surface area contributed by atoms with Crippen molar-refractivity contribution in [3.63, 3.8) is 0 Å². The number of likely N-dealkylation sites (tertiary alicyclic amines) is 2. The van der Waals surface area contributed by atoms with Crippen LogP contribution in [-0.4, -0.2) is 72.9 Å². The first-order valence-electron chi connectivity index (χ1n) is 10.9. The van der Waals surface area contributed by atoms with Crippen LogP contribution in [0.5, 0.6) is 5.75 Å². The minimum Gasteiger partial charge on any atom is -0.477 e. The normalized spacial score (nSPS) is 22.9. The number of carbonyl (C=O) groups excluding carboxylic acids is 3. The third kappa shape index (κ3) is 4.43. The van der Waals surface area contributed by atoms with Crippen molar-refractivity contribution in [1.29, 1.82) is 0 Å². The molecule has 0 saturated carbocycles. The maximum absolute atomic E-state index is 13.1. The van der Waals surface area contributed by atoms with E-state index >= 15 is 0 Å². The molecule has 3 amide bonds. The van der Waals surface area contributed by atoms with Gasteiger partial charge in [-0.15, -0.1) is 0 Å². The van der Waals surface area contributed by atoms with Crippen LogP contribution in [0.25, 0.3) is 0 Å². The number of rotatable bonds is 4. The Morgan fingerprint density at radius 3 is 2.40 bits per heavy atom. The zero-order valence-electron chi connectivity index (χ0n) is 17.3. The minimum absolute atomic E-state index is 0.0674. The van der Waals surface area contributed by atoms with Crippen LogP contribution >= 0.6 is 0 Å². The summed E-state index contributed by atoms with van der Waals surface area (Å²) in [5, 5.41) is 0. The Morgan fingerprint density at radius 2 is 1.70 bits per heavy atom. The Labute approximate surface area is 176 Å². The predicted octanol–water partition coefficient (Wildman–Crippen LogP) is 0.990. The lowest BCUT2D eigenvalue weighted by atomic mass is 9.94. The number of para-hydroxylation sites is 2. The van der Waals surface area contributed by atoms with E-state index in [-0.39, 0.29) is 30.8 Å². The lowest BCUT2D eigenvalue weighted by molar-refractivity contribution is -0.138. The van der Waals surface area contributed by atoms with Gasteiger partial charge in [0.2, 0.25) is 11.8 Å². The van der Waals surface area contributed by atoms with Crippen molar-refractivity contribution < 1.29 is 19.1 Å². The molecule has 3 aliphatic rings. The number of anilines is 1. The van der Waals surface area contributed by atoms with Gasteiger partial charge in [0.15, 0.2) is 6.10 Å². The average Bonchev–Trinajstić information content (AvgIpc) is 2.78. The van der Waals surface area contributed by atoms with Crippen LogP contribution in [-0.2, 0) is 14.4 Å². The van der Waals surface area contributed by atoms with Crippen LogP contribution in [0.2, 0.25) is 0 Å². The standard InChI is InChI=1S/C22H30N4O4/c23-21(28)19-14-26(17-6-2-3-7-18(17)30-19)20(27)15-24-12-8-16(9-13-24)22(29)25-10-4-1-5-11-25/h2-3,6-7,16,19H,1,4-5,8-15H2,(H2,23,28). The molecule has 1 aromatic rings. The molecule has 162 valence electrons. The molecule has 1 atom stereocenters. The number of primary amides is 1. The Bertz CT molecular complexity index is 800. The molecule has 0 radical (unpaired) electrons. The zero-order valence-corrected chi connectivity index (χ0v) is 17.3. The van der Waals surface area contributed by atoms with Gasteiger partial charge >= 0.3 is 0 Å². The average molecular weight is 415 g/mol. The number of amides is 3. The maximum Gasteiger partial charge on any atom is 0.260 e. The summed E-state index contributed by atoms with van der Waals surface area (Å²) < 4.78 is 5.64. The van der Waals surface area contributed by atoms with Gasteiger partial charge in [-0.1, -0.05) is 12.1 Å². The van der Waals surface area contributed by atoms with Gasteiger partial charge in [-0.05, 0) is 57.3 Å². The largest absolute Gasteiger partial charge is 0.477 e. The van der Waals surface area contributed by atoms with E-state index in [1.807, 2.05) is 17.0 Å². The number of hydrogen-bond donors (Lipinski definition) is 1. The number of hydrogen-bond acceptors (Lipinski definition) is 5. The van der Waals surface area contributed by atoms with Gasteiger partial charge in [-0.3, -0.25) is 19.3 Å². The number of benzene rings is 1. The third-order valence-electron chi connectivity index (χ3n) is 6.36. The van der Waals surface area contributed by atoms with Crippen LogP contribution in [0.3, 0.4) is 0 Å². The van der Waals surface area contributed by atoms with Gasteiger partial charge in [0.1, 0.15) is 5.75 Å². The number of carbonyl (C=O) groups is 3. The van der Waals surface area contributed by atoms with E-state index in [0.717, 1.165) is 51.9 Å². The lowest BCUT2D eigenvalue weighted by Crippen LogP contribution is -2.52. The molecule has 3 aliphatic heterocycles. The molecule has 30 heavy (non-hydrogen) atoms. The molecular weight excluding hydrogens is 384 g/mol. The van der Waals surface area contributed by atoms with E-state index in [1.165, 1.54) is 6.42 Å². The molecular formula is C22H30N4O4. The number of ether oxygens (including phenoxy) is 1. The van der Waals surface area contributed by atoms with Crippen molar-refractivity contribution in [2.45, 2.75) is 38.2 Å². The van der Waals surface area contributed by atoms with Gasteiger partial charge in [0, 0.05) is 19.0 Å². The van der Waals surface area contributed by atoms with Crippen LogP contribution in [0.1, 0.15) is 32.1 Å². The summed E-state index contributed by atoms with van der Waals surface area (Å²) in [6.45, 7) is 3.59. The first-order chi connectivity index (χ1) is 14.5. The summed E-state index contributed by atoms with van der Waals surface area (Å²) in [6.07, 6.45) is 4.14. The van der Waals surface area contributed by atoms with Gasteiger partial charge in [-0.2, -0.15) is 0 Å². The number of nitrogens with zero attached hydrogens (tertiary/aromatic N) is 3. The summed E-state index contributed by atoms with van der Waals surface area (Å²) in [7, 11) is 0. The van der Waals surface area contributed by atoms with Crippen LogP contribution in [0, 0.1) is 5.92 Å². The second-order valence-corrected chi connectivity index (χ2v) is 8.42. The van der Waals surface area contributed by atoms with Crippen molar-refractivity contribution >= 4 is 23.4 Å². The van der Waals surface area contributed by atoms with E-state index < -0.39 is 12.0 Å². The number of fused-ring (bicyclic) bond motifs is 1. The van der Waals surface area contributed by atoms with Crippen molar-refractivity contribution in [2.24, 2.45) is 11.7 Å². The molecule has 0 aliphatic carbocycles. The van der Waals surface area contributed by atoms with Crippen LogP contribution in [0.4, 0.5) is 5.69 Å². The minimum atomic E-state index is -0.850. The number of piperidine rings is 2. The topological polar surface area (TPSA) is 96.2 Å².